The molecule has 0 aliphatic rings. The van der Waals surface area contributed by atoms with Gasteiger partial charge in [-0.1, -0.05) is 0 Å². The van der Waals surface area contributed by atoms with Crippen LogP contribution < -0.4 is 15.9 Å². The van der Waals surface area contributed by atoms with E-state index < -0.39 is 18.1 Å². The number of benzene rings is 1. The first-order chi connectivity index (χ1) is 9.96. The molecule has 0 saturated heterocycles. The van der Waals surface area contributed by atoms with Crippen molar-refractivity contribution >= 4 is 11.9 Å². The average molecular weight is 319 g/mol. The van der Waals surface area contributed by atoms with Crippen molar-refractivity contribution in [3.8, 4) is 5.75 Å². The fraction of sp³-hybridized carbons (Fsp3) is 0.385. The van der Waals surface area contributed by atoms with Crippen LogP contribution in [0.25, 0.3) is 0 Å². The van der Waals surface area contributed by atoms with E-state index in [1.807, 2.05) is 0 Å². The summed E-state index contributed by atoms with van der Waals surface area (Å²) in [4.78, 5) is 11.4. The maximum atomic E-state index is 12.0. The molecule has 3 N–H and O–H groups in total. The highest BCUT2D eigenvalue weighted by Gasteiger charge is 2.30. The highest BCUT2D eigenvalue weighted by atomic mass is 19.4. The van der Waals surface area contributed by atoms with Crippen LogP contribution in [0.5, 0.6) is 5.75 Å². The second-order valence-electron chi connectivity index (χ2n) is 5.18. The Kier molecular flexibility index (Phi) is 5.23. The van der Waals surface area contributed by atoms with Crippen LogP contribution in [0, 0.1) is 0 Å². The van der Waals surface area contributed by atoms with Gasteiger partial charge in [-0.05, 0) is 45.0 Å². The zero-order valence-electron chi connectivity index (χ0n) is 12.2. The van der Waals surface area contributed by atoms with Crippen LogP contribution in [0.2, 0.25) is 0 Å². The molecule has 1 amide bonds. The Labute approximate surface area is 125 Å². The summed E-state index contributed by atoms with van der Waals surface area (Å²) in [6.07, 6.45) is -5.56. The lowest BCUT2D eigenvalue weighted by Crippen LogP contribution is -2.31. The summed E-state index contributed by atoms with van der Waals surface area (Å²) in [5, 5.41) is 3.59. The van der Waals surface area contributed by atoms with E-state index in [4.69, 9.17) is 10.5 Å². The monoisotopic (exact) mass is 319 g/mol. The Hall–Kier alpha value is -2.45. The van der Waals surface area contributed by atoms with Gasteiger partial charge in [0.15, 0.2) is 5.84 Å². The van der Waals surface area contributed by atoms with Crippen molar-refractivity contribution in [2.24, 2.45) is 10.8 Å². The minimum atomic E-state index is -4.76. The third kappa shape index (κ3) is 6.82. The largest absolute Gasteiger partial charge is 0.573 e. The predicted octanol–water partition coefficient (Wildman–Crippen LogP) is 2.73. The number of amides is 1. The highest BCUT2D eigenvalue weighted by Crippen LogP contribution is 2.22. The van der Waals surface area contributed by atoms with Crippen molar-refractivity contribution in [1.29, 1.82) is 0 Å². The number of carbonyl (C=O) groups excluding carboxylic acids is 1. The molecule has 0 bridgehead atoms. The zero-order chi connectivity index (χ0) is 17.0. The molecule has 0 atom stereocenters. The van der Waals surface area contributed by atoms with Gasteiger partial charge in [0.05, 0.1) is 0 Å². The predicted molar refractivity (Wildman–Crippen MR) is 73.2 cm³/mol. The van der Waals surface area contributed by atoms with Crippen LogP contribution in [0.15, 0.2) is 29.4 Å². The van der Waals surface area contributed by atoms with Crippen molar-refractivity contribution < 1.29 is 27.4 Å². The number of hydrogen-bond acceptors (Lipinski definition) is 4. The number of rotatable bonds is 3. The summed E-state index contributed by atoms with van der Waals surface area (Å²) in [5.74, 6) is -0.478. The second-order valence-corrected chi connectivity index (χ2v) is 5.18. The molecule has 0 fully saturated rings. The number of nitrogens with one attached hydrogen (secondary N) is 1. The maximum Gasteiger partial charge on any atom is 0.573 e. The zero-order valence-corrected chi connectivity index (χ0v) is 12.2. The Balaban J connectivity index is 2.67. The van der Waals surface area contributed by atoms with Gasteiger partial charge in [-0.15, -0.1) is 13.2 Å². The molecule has 0 aromatic heterocycles. The van der Waals surface area contributed by atoms with Crippen molar-refractivity contribution in [3.63, 3.8) is 0 Å². The van der Waals surface area contributed by atoms with Gasteiger partial charge >= 0.3 is 12.5 Å². The Morgan fingerprint density at radius 3 is 2.18 bits per heavy atom. The first kappa shape index (κ1) is 17.6. The van der Waals surface area contributed by atoms with E-state index in [0.717, 1.165) is 12.1 Å². The van der Waals surface area contributed by atoms with Crippen LogP contribution in [0.4, 0.5) is 18.0 Å². The molecule has 9 heteroatoms. The lowest BCUT2D eigenvalue weighted by atomic mass is 10.2. The number of alkyl halides is 3. The summed E-state index contributed by atoms with van der Waals surface area (Å²) in [6, 6.07) is 4.71. The third-order valence-electron chi connectivity index (χ3n) is 2.05. The summed E-state index contributed by atoms with van der Waals surface area (Å²) in [7, 11) is 0. The van der Waals surface area contributed by atoms with Crippen molar-refractivity contribution in [3.05, 3.63) is 29.8 Å². The third-order valence-corrected chi connectivity index (χ3v) is 2.05. The van der Waals surface area contributed by atoms with Gasteiger partial charge in [0.2, 0.25) is 0 Å². The Bertz CT molecular complexity index is 548. The van der Waals surface area contributed by atoms with E-state index in [2.05, 4.69) is 15.3 Å². The van der Waals surface area contributed by atoms with E-state index >= 15 is 0 Å². The van der Waals surface area contributed by atoms with E-state index in [0.29, 0.717) is 5.56 Å². The number of amidine groups is 1. The number of nitrogens with two attached hydrogens (primary N) is 1. The summed E-state index contributed by atoms with van der Waals surface area (Å²) in [6.45, 7) is 5.04. The number of hydrogen-bond donors (Lipinski definition) is 2. The molecule has 22 heavy (non-hydrogen) atoms. The number of carbonyl (C=O) groups is 1. The molecule has 122 valence electrons. The van der Waals surface area contributed by atoms with Gasteiger partial charge in [0.25, 0.3) is 0 Å². The van der Waals surface area contributed by atoms with Crippen molar-refractivity contribution in [2.75, 3.05) is 0 Å². The van der Waals surface area contributed by atoms with E-state index in [1.54, 1.807) is 20.8 Å². The van der Waals surface area contributed by atoms with Gasteiger partial charge in [-0.25, -0.2) is 10.2 Å². The number of ether oxygens (including phenoxy) is 2. The fourth-order valence-electron chi connectivity index (χ4n) is 1.30. The molecule has 1 rings (SSSR count). The Morgan fingerprint density at radius 1 is 1.18 bits per heavy atom. The van der Waals surface area contributed by atoms with Crippen molar-refractivity contribution in [1.82, 2.24) is 5.43 Å². The fourth-order valence-corrected chi connectivity index (χ4v) is 1.30. The topological polar surface area (TPSA) is 85.9 Å². The second kappa shape index (κ2) is 6.54. The molecule has 0 aliphatic heterocycles. The summed E-state index contributed by atoms with van der Waals surface area (Å²) in [5.41, 5.74) is 7.30. The molecule has 0 aliphatic carbocycles. The number of halogens is 3. The minimum absolute atomic E-state index is 0.0931. The molecular formula is C13H16F3N3O3. The molecule has 0 spiro atoms. The van der Waals surface area contributed by atoms with E-state index in [-0.39, 0.29) is 11.6 Å². The van der Waals surface area contributed by atoms with Crippen LogP contribution in [0.3, 0.4) is 0 Å². The van der Waals surface area contributed by atoms with Crippen LogP contribution in [0.1, 0.15) is 26.3 Å². The Morgan fingerprint density at radius 2 is 1.73 bits per heavy atom. The van der Waals surface area contributed by atoms with E-state index in [9.17, 15) is 18.0 Å². The molecule has 0 heterocycles. The summed E-state index contributed by atoms with van der Waals surface area (Å²) < 4.78 is 44.7. The maximum absolute atomic E-state index is 12.0. The minimum Gasteiger partial charge on any atom is -0.443 e. The van der Waals surface area contributed by atoms with Crippen molar-refractivity contribution in [2.45, 2.75) is 32.7 Å². The van der Waals surface area contributed by atoms with Gasteiger partial charge in [0, 0.05) is 5.56 Å². The molecule has 6 nitrogen and oxygen atoms in total. The smallest absolute Gasteiger partial charge is 0.443 e. The standard InChI is InChI=1S/C13H16F3N3O3/c1-12(2,3)22-11(20)19-18-10(17)8-4-6-9(7-5-8)21-13(14,15)16/h4-7H,1-3H3,(H2,17,18)(H,19,20). The summed E-state index contributed by atoms with van der Waals surface area (Å²) >= 11 is 0. The highest BCUT2D eigenvalue weighted by molar-refractivity contribution is 5.97. The lowest BCUT2D eigenvalue weighted by molar-refractivity contribution is -0.274. The molecule has 0 radical (unpaired) electrons. The number of nitrogens with zero attached hydrogens (tertiary/aromatic N) is 1. The molecule has 1 aromatic rings. The first-order valence-electron chi connectivity index (χ1n) is 6.14. The van der Waals surface area contributed by atoms with Gasteiger partial charge in [-0.3, -0.25) is 0 Å². The molecule has 0 unspecified atom stereocenters. The molecule has 1 aromatic carbocycles. The number of hydrazone groups is 1. The van der Waals surface area contributed by atoms with Gasteiger partial charge in [0.1, 0.15) is 11.4 Å². The SMILES string of the molecule is CC(C)(C)OC(=O)N/N=C(/N)c1ccc(OC(F)(F)F)cc1. The van der Waals surface area contributed by atoms with E-state index in [1.165, 1.54) is 12.1 Å². The molecular weight excluding hydrogens is 303 g/mol. The molecule has 0 saturated carbocycles. The van der Waals surface area contributed by atoms with Gasteiger partial charge < -0.3 is 15.2 Å². The van der Waals surface area contributed by atoms with Gasteiger partial charge in [-0.2, -0.15) is 5.10 Å². The van der Waals surface area contributed by atoms with Crippen LogP contribution in [-0.4, -0.2) is 23.9 Å². The lowest BCUT2D eigenvalue weighted by Gasteiger charge is -2.18. The first-order valence-corrected chi connectivity index (χ1v) is 6.14. The normalized spacial score (nSPS) is 12.7. The van der Waals surface area contributed by atoms with Crippen LogP contribution in [-0.2, 0) is 4.74 Å². The average Bonchev–Trinajstić information content (AvgIpc) is 2.33. The quantitative estimate of drug-likeness (QED) is 0.509. The van der Waals surface area contributed by atoms with Crippen LogP contribution >= 0.6 is 0 Å².